The van der Waals surface area contributed by atoms with Crippen LogP contribution in [0.5, 0.6) is 0 Å². The van der Waals surface area contributed by atoms with E-state index in [0.29, 0.717) is 4.91 Å². The molecule has 3 nitrogen and oxygen atoms in total. The summed E-state index contributed by atoms with van der Waals surface area (Å²) in [5, 5.41) is 0.872. The number of carbonyl (C=O) groups excluding carboxylic acids is 1. The lowest BCUT2D eigenvalue weighted by molar-refractivity contribution is -0.113. The summed E-state index contributed by atoms with van der Waals surface area (Å²) in [5.74, 6) is -0.113. The highest BCUT2D eigenvalue weighted by molar-refractivity contribution is 8.93. The van der Waals surface area contributed by atoms with Crippen LogP contribution in [0.15, 0.2) is 64.5 Å². The standard InChI is InChI=1S/C21H20N2OS.BrH/c24-20-19(25-21(22-20)23-13-5-2-6-14-23)15-16-9-11-18(12-10-16)17-7-3-1-4-8-17;/h1,3-4,7-12,15H,2,5-6,13-14H2;1H/b19-15+;. The molecule has 5 heteroatoms. The van der Waals surface area contributed by atoms with Crippen LogP contribution < -0.4 is 0 Å². The van der Waals surface area contributed by atoms with Crippen molar-refractivity contribution < 1.29 is 4.79 Å². The van der Waals surface area contributed by atoms with Gasteiger partial charge in [0.1, 0.15) is 0 Å². The van der Waals surface area contributed by atoms with Crippen LogP contribution in [0, 0.1) is 0 Å². The molecule has 0 radical (unpaired) electrons. The second kappa shape index (κ2) is 8.69. The molecule has 2 aromatic carbocycles. The summed E-state index contributed by atoms with van der Waals surface area (Å²) in [6.07, 6.45) is 5.60. The largest absolute Gasteiger partial charge is 0.351 e. The number of piperidine rings is 1. The molecule has 0 atom stereocenters. The zero-order valence-electron chi connectivity index (χ0n) is 14.4. The second-order valence-electron chi connectivity index (χ2n) is 6.35. The van der Waals surface area contributed by atoms with Crippen molar-refractivity contribution in [3.05, 3.63) is 65.1 Å². The van der Waals surface area contributed by atoms with E-state index < -0.39 is 0 Å². The minimum Gasteiger partial charge on any atom is -0.351 e. The van der Waals surface area contributed by atoms with Crippen LogP contribution in [-0.4, -0.2) is 29.1 Å². The van der Waals surface area contributed by atoms with Crippen molar-refractivity contribution in [3.63, 3.8) is 0 Å². The number of nitrogens with zero attached hydrogens (tertiary/aromatic N) is 2. The number of halogens is 1. The molecular formula is C21H21BrN2OS. The molecule has 0 aliphatic carbocycles. The van der Waals surface area contributed by atoms with Crippen LogP contribution >= 0.6 is 28.7 Å². The second-order valence-corrected chi connectivity index (χ2v) is 7.36. The van der Waals surface area contributed by atoms with Crippen LogP contribution in [0.4, 0.5) is 0 Å². The monoisotopic (exact) mass is 428 g/mol. The van der Waals surface area contributed by atoms with Gasteiger partial charge in [0, 0.05) is 13.1 Å². The summed E-state index contributed by atoms with van der Waals surface area (Å²) >= 11 is 1.51. The quantitative estimate of drug-likeness (QED) is 0.601. The van der Waals surface area contributed by atoms with E-state index in [9.17, 15) is 4.79 Å². The Morgan fingerprint density at radius 1 is 0.885 bits per heavy atom. The lowest BCUT2D eigenvalue weighted by Gasteiger charge is -2.27. The van der Waals surface area contributed by atoms with Gasteiger partial charge in [0.2, 0.25) is 0 Å². The normalized spacial score (nSPS) is 18.6. The number of aliphatic imine (C=N–C) groups is 1. The molecule has 0 unspecified atom stereocenters. The number of amidine groups is 1. The van der Waals surface area contributed by atoms with Gasteiger partial charge >= 0.3 is 0 Å². The average Bonchev–Trinajstić information content (AvgIpc) is 3.04. The van der Waals surface area contributed by atoms with E-state index in [-0.39, 0.29) is 22.9 Å². The molecule has 2 heterocycles. The SMILES string of the molecule is Br.O=C1N=C(N2CCCCC2)S/C1=C/c1ccc(-c2ccccc2)cc1. The van der Waals surface area contributed by atoms with Gasteiger partial charge < -0.3 is 4.90 Å². The predicted octanol–water partition coefficient (Wildman–Crippen LogP) is 5.39. The molecule has 134 valence electrons. The number of hydrogen-bond acceptors (Lipinski definition) is 3. The average molecular weight is 429 g/mol. The van der Waals surface area contributed by atoms with Crippen LogP contribution in [0.1, 0.15) is 24.8 Å². The Hall–Kier alpha value is -1.85. The number of likely N-dealkylation sites (tertiary alicyclic amines) is 1. The Kier molecular flexibility index (Phi) is 6.33. The number of carbonyl (C=O) groups is 1. The Bertz CT molecular complexity index is 825. The molecule has 1 amide bonds. The number of thioether (sulfide) groups is 1. The first-order valence-corrected chi connectivity index (χ1v) is 9.54. The highest BCUT2D eigenvalue weighted by atomic mass is 79.9. The summed E-state index contributed by atoms with van der Waals surface area (Å²) < 4.78 is 0. The smallest absolute Gasteiger partial charge is 0.286 e. The first-order valence-electron chi connectivity index (χ1n) is 8.73. The van der Waals surface area contributed by atoms with Crippen molar-refractivity contribution in [3.8, 4) is 11.1 Å². The Morgan fingerprint density at radius 3 is 2.23 bits per heavy atom. The molecule has 2 aromatic rings. The molecular weight excluding hydrogens is 408 g/mol. The van der Waals surface area contributed by atoms with Gasteiger partial charge in [-0.2, -0.15) is 4.99 Å². The van der Waals surface area contributed by atoms with Crippen molar-refractivity contribution >= 4 is 45.9 Å². The van der Waals surface area contributed by atoms with Crippen molar-refractivity contribution in [2.45, 2.75) is 19.3 Å². The fraction of sp³-hybridized carbons (Fsp3) is 0.238. The van der Waals surface area contributed by atoms with Crippen molar-refractivity contribution in [2.75, 3.05) is 13.1 Å². The van der Waals surface area contributed by atoms with E-state index >= 15 is 0 Å². The Morgan fingerprint density at radius 2 is 1.54 bits per heavy atom. The summed E-state index contributed by atoms with van der Waals surface area (Å²) in [7, 11) is 0. The molecule has 26 heavy (non-hydrogen) atoms. The molecule has 2 aliphatic rings. The minimum absolute atomic E-state index is 0. The van der Waals surface area contributed by atoms with Gasteiger partial charge in [-0.1, -0.05) is 54.6 Å². The van der Waals surface area contributed by atoms with Gasteiger partial charge in [0.15, 0.2) is 5.17 Å². The third kappa shape index (κ3) is 4.27. The third-order valence-corrected chi connectivity index (χ3v) is 5.60. The van der Waals surface area contributed by atoms with E-state index in [1.54, 1.807) is 0 Å². The van der Waals surface area contributed by atoms with Gasteiger partial charge in [-0.15, -0.1) is 17.0 Å². The zero-order chi connectivity index (χ0) is 17.1. The van der Waals surface area contributed by atoms with Crippen molar-refractivity contribution in [1.29, 1.82) is 0 Å². The molecule has 0 N–H and O–H groups in total. The maximum Gasteiger partial charge on any atom is 0.286 e. The molecule has 2 aliphatic heterocycles. The Labute approximate surface area is 169 Å². The maximum atomic E-state index is 12.2. The number of amides is 1. The highest BCUT2D eigenvalue weighted by Crippen LogP contribution is 2.31. The molecule has 0 bridgehead atoms. The van der Waals surface area contributed by atoms with Crippen molar-refractivity contribution in [2.24, 2.45) is 4.99 Å². The lowest BCUT2D eigenvalue weighted by atomic mass is 10.0. The van der Waals surface area contributed by atoms with E-state index in [0.717, 1.165) is 23.8 Å². The van der Waals surface area contributed by atoms with Gasteiger partial charge in [-0.05, 0) is 53.8 Å². The number of rotatable bonds is 2. The zero-order valence-corrected chi connectivity index (χ0v) is 17.0. The molecule has 1 fully saturated rings. The summed E-state index contributed by atoms with van der Waals surface area (Å²) in [4.78, 5) is 19.4. The van der Waals surface area contributed by atoms with Gasteiger partial charge in [-0.25, -0.2) is 0 Å². The van der Waals surface area contributed by atoms with Crippen LogP contribution in [0.2, 0.25) is 0 Å². The first-order chi connectivity index (χ1) is 12.3. The van der Waals surface area contributed by atoms with Gasteiger partial charge in [0.05, 0.1) is 4.91 Å². The topological polar surface area (TPSA) is 32.7 Å². The van der Waals surface area contributed by atoms with Crippen molar-refractivity contribution in [1.82, 2.24) is 4.90 Å². The highest BCUT2D eigenvalue weighted by Gasteiger charge is 2.26. The molecule has 0 aromatic heterocycles. The summed E-state index contributed by atoms with van der Waals surface area (Å²) in [5.41, 5.74) is 3.41. The number of benzene rings is 2. The van der Waals surface area contributed by atoms with Crippen LogP contribution in [-0.2, 0) is 4.79 Å². The lowest BCUT2D eigenvalue weighted by Crippen LogP contribution is -2.33. The van der Waals surface area contributed by atoms with Crippen LogP contribution in [0.25, 0.3) is 17.2 Å². The summed E-state index contributed by atoms with van der Waals surface area (Å²) in [6, 6.07) is 18.6. The fourth-order valence-electron chi connectivity index (χ4n) is 3.17. The summed E-state index contributed by atoms with van der Waals surface area (Å²) in [6.45, 7) is 2.02. The molecule has 1 saturated heterocycles. The van der Waals surface area contributed by atoms with Crippen LogP contribution in [0.3, 0.4) is 0 Å². The number of hydrogen-bond donors (Lipinski definition) is 0. The van der Waals surface area contributed by atoms with E-state index in [4.69, 9.17) is 0 Å². The molecule has 4 rings (SSSR count). The maximum absolute atomic E-state index is 12.2. The molecule has 0 spiro atoms. The molecule has 0 saturated carbocycles. The van der Waals surface area contributed by atoms with E-state index in [1.165, 1.54) is 42.2 Å². The minimum atomic E-state index is -0.113. The van der Waals surface area contributed by atoms with Gasteiger partial charge in [-0.3, -0.25) is 4.79 Å². The van der Waals surface area contributed by atoms with Gasteiger partial charge in [0.25, 0.3) is 5.91 Å². The van der Waals surface area contributed by atoms with E-state index in [1.807, 2.05) is 24.3 Å². The third-order valence-electron chi connectivity index (χ3n) is 4.55. The predicted molar refractivity (Wildman–Crippen MR) is 116 cm³/mol. The first kappa shape index (κ1) is 18.9. The fourth-order valence-corrected chi connectivity index (χ4v) is 4.14. The van der Waals surface area contributed by atoms with E-state index in [2.05, 4.69) is 46.3 Å². The Balaban J connectivity index is 0.00000196.